The Morgan fingerprint density at radius 1 is 1.47 bits per heavy atom. The van der Waals surface area contributed by atoms with Gasteiger partial charge in [-0.25, -0.2) is 0 Å². The number of aliphatic hydroxyl groups is 1. The summed E-state index contributed by atoms with van der Waals surface area (Å²) in [4.78, 5) is 10.9. The van der Waals surface area contributed by atoms with Crippen molar-refractivity contribution in [1.29, 1.82) is 0 Å². The van der Waals surface area contributed by atoms with Gasteiger partial charge < -0.3 is 10.2 Å². The lowest BCUT2D eigenvalue weighted by molar-refractivity contribution is -0.146. The number of rotatable bonds is 7. The molecule has 0 aromatic heterocycles. The van der Waals surface area contributed by atoms with Crippen molar-refractivity contribution < 1.29 is 15.0 Å². The van der Waals surface area contributed by atoms with Crippen LogP contribution >= 0.6 is 0 Å². The number of aliphatic hydroxyl groups excluding tert-OH is 1. The first-order valence-electron chi connectivity index (χ1n) is 5.53. The molecule has 0 aliphatic rings. The Morgan fingerprint density at radius 3 is 2.33 bits per heavy atom. The Kier molecular flexibility index (Phi) is 5.95. The Bertz CT molecular complexity index is 204. The van der Waals surface area contributed by atoms with Crippen LogP contribution in [-0.2, 0) is 4.79 Å². The molecule has 2 radical (unpaired) electrons. The fourth-order valence-corrected chi connectivity index (χ4v) is 1.56. The average molecular weight is 212 g/mol. The monoisotopic (exact) mass is 212 g/mol. The molecule has 0 rings (SSSR count). The van der Waals surface area contributed by atoms with Crippen LogP contribution in [0.25, 0.3) is 0 Å². The second-order valence-electron chi connectivity index (χ2n) is 4.51. The Hall–Kier alpha value is -0.505. The summed E-state index contributed by atoms with van der Waals surface area (Å²) in [5.41, 5.74) is 0. The third-order valence-corrected chi connectivity index (χ3v) is 2.86. The van der Waals surface area contributed by atoms with Gasteiger partial charge in [0.15, 0.2) is 0 Å². The van der Waals surface area contributed by atoms with E-state index in [1.54, 1.807) is 0 Å². The number of carboxylic acids is 1. The third kappa shape index (κ3) is 5.21. The number of aliphatic carboxylic acids is 1. The molecule has 3 unspecified atom stereocenters. The summed E-state index contributed by atoms with van der Waals surface area (Å²) in [5.74, 6) is -1.62. The number of hydrogen-bond acceptors (Lipinski definition) is 2. The molecule has 3 atom stereocenters. The van der Waals surface area contributed by atoms with Crippen molar-refractivity contribution in [2.45, 2.75) is 57.9 Å². The van der Waals surface area contributed by atoms with Gasteiger partial charge in [-0.3, -0.25) is 4.79 Å². The third-order valence-electron chi connectivity index (χ3n) is 2.86. The van der Waals surface area contributed by atoms with Crippen LogP contribution in [0.1, 0.15) is 46.5 Å². The Balaban J connectivity index is 4.37. The first-order chi connectivity index (χ1) is 6.84. The van der Waals surface area contributed by atoms with Crippen LogP contribution in [0.4, 0.5) is 0 Å². The molecule has 15 heavy (non-hydrogen) atoms. The van der Waals surface area contributed by atoms with Crippen molar-refractivity contribution in [1.82, 2.24) is 0 Å². The van der Waals surface area contributed by atoms with E-state index < -0.39 is 23.3 Å². The second-order valence-corrected chi connectivity index (χ2v) is 4.51. The molecule has 0 fully saturated rings. The summed E-state index contributed by atoms with van der Waals surface area (Å²) < 4.78 is 0. The molecular weight excluding hydrogens is 191 g/mol. The summed E-state index contributed by atoms with van der Waals surface area (Å²) in [5, 5.41) is 18.3. The lowest BCUT2D eigenvalue weighted by Crippen LogP contribution is -2.31. The molecule has 0 heterocycles. The molecule has 0 saturated heterocycles. The highest BCUT2D eigenvalue weighted by atomic mass is 16.4. The highest BCUT2D eigenvalue weighted by molar-refractivity contribution is 6.14. The van der Waals surface area contributed by atoms with E-state index in [9.17, 15) is 9.90 Å². The minimum absolute atomic E-state index is 0.334. The first kappa shape index (κ1) is 14.5. The van der Waals surface area contributed by atoms with Gasteiger partial charge in [-0.2, -0.15) is 0 Å². The largest absolute Gasteiger partial charge is 0.481 e. The van der Waals surface area contributed by atoms with Gasteiger partial charge in [-0.05, 0) is 12.8 Å². The van der Waals surface area contributed by atoms with E-state index in [1.165, 1.54) is 0 Å². The zero-order chi connectivity index (χ0) is 12.1. The minimum Gasteiger partial charge on any atom is -0.481 e. The molecule has 0 aliphatic carbocycles. The van der Waals surface area contributed by atoms with Gasteiger partial charge in [-0.1, -0.05) is 38.9 Å². The maximum atomic E-state index is 10.9. The van der Waals surface area contributed by atoms with Gasteiger partial charge in [0.1, 0.15) is 0 Å². The van der Waals surface area contributed by atoms with Crippen LogP contribution in [0.3, 0.4) is 0 Å². The zero-order valence-corrected chi connectivity index (χ0v) is 9.86. The predicted molar refractivity (Wildman–Crippen MR) is 61.1 cm³/mol. The summed E-state index contributed by atoms with van der Waals surface area (Å²) in [6.07, 6.45) is 1.46. The van der Waals surface area contributed by atoms with Crippen LogP contribution in [0, 0.1) is 5.92 Å². The second kappa shape index (κ2) is 6.16. The van der Waals surface area contributed by atoms with E-state index in [4.69, 9.17) is 13.0 Å². The lowest BCUT2D eigenvalue weighted by atomic mass is 9.64. The summed E-state index contributed by atoms with van der Waals surface area (Å²) >= 11 is 0. The van der Waals surface area contributed by atoms with E-state index in [0.717, 1.165) is 12.8 Å². The van der Waals surface area contributed by atoms with Gasteiger partial charge in [0.25, 0.3) is 0 Å². The average Bonchev–Trinajstić information content (AvgIpc) is 2.12. The molecule has 4 heteroatoms. The molecule has 2 N–H and O–H groups in total. The van der Waals surface area contributed by atoms with Gasteiger partial charge in [0.2, 0.25) is 0 Å². The van der Waals surface area contributed by atoms with E-state index in [-0.39, 0.29) is 0 Å². The lowest BCUT2D eigenvalue weighted by Gasteiger charge is -2.29. The highest BCUT2D eigenvalue weighted by Crippen LogP contribution is 2.33. The van der Waals surface area contributed by atoms with Crippen molar-refractivity contribution in [2.24, 2.45) is 5.92 Å². The van der Waals surface area contributed by atoms with Gasteiger partial charge >= 0.3 is 5.97 Å². The van der Waals surface area contributed by atoms with E-state index in [0.29, 0.717) is 12.8 Å². The minimum atomic E-state index is -0.934. The first-order valence-corrected chi connectivity index (χ1v) is 5.53. The van der Waals surface area contributed by atoms with Gasteiger partial charge in [0, 0.05) is 0 Å². The molecule has 86 valence electrons. The standard InChI is InChI=1S/C11H21BO3/c1-4-6-8(10(14)15)9(13)7-11(3,12)5-2/h8-9,13H,4-7H2,1-3H3,(H,14,15). The van der Waals surface area contributed by atoms with Crippen LogP contribution < -0.4 is 0 Å². The molecule has 0 spiro atoms. The smallest absolute Gasteiger partial charge is 0.309 e. The predicted octanol–water partition coefficient (Wildman–Crippen LogP) is 2.00. The van der Waals surface area contributed by atoms with Crippen molar-refractivity contribution in [3.8, 4) is 0 Å². The molecule has 0 aromatic carbocycles. The molecule has 0 aliphatic heterocycles. The summed E-state index contributed by atoms with van der Waals surface area (Å²) in [7, 11) is 5.90. The fourth-order valence-electron chi connectivity index (χ4n) is 1.56. The van der Waals surface area contributed by atoms with Crippen molar-refractivity contribution in [3.05, 3.63) is 0 Å². The number of carboxylic acid groups (broad SMARTS) is 1. The molecule has 0 aromatic rings. The fraction of sp³-hybridized carbons (Fsp3) is 0.909. The number of hydrogen-bond donors (Lipinski definition) is 2. The van der Waals surface area contributed by atoms with Gasteiger partial charge in [0.05, 0.1) is 19.9 Å². The molecule has 3 nitrogen and oxygen atoms in total. The van der Waals surface area contributed by atoms with Crippen molar-refractivity contribution in [2.75, 3.05) is 0 Å². The topological polar surface area (TPSA) is 57.5 Å². The normalized spacial score (nSPS) is 19.2. The molecular formula is C11H21BO3. The summed E-state index contributed by atoms with van der Waals surface area (Å²) in [6.45, 7) is 5.67. The SMILES string of the molecule is [B]C(C)(CC)CC(O)C(CCC)C(=O)O. The van der Waals surface area contributed by atoms with Crippen LogP contribution in [-0.4, -0.2) is 30.1 Å². The van der Waals surface area contributed by atoms with Crippen LogP contribution in [0.2, 0.25) is 5.31 Å². The number of carbonyl (C=O) groups is 1. The summed E-state index contributed by atoms with van der Waals surface area (Å²) in [6, 6.07) is 0. The zero-order valence-electron chi connectivity index (χ0n) is 9.86. The Labute approximate surface area is 93.3 Å². The van der Waals surface area contributed by atoms with E-state index in [1.807, 2.05) is 20.8 Å². The Morgan fingerprint density at radius 2 is 2.00 bits per heavy atom. The molecule has 0 bridgehead atoms. The van der Waals surface area contributed by atoms with E-state index >= 15 is 0 Å². The quantitative estimate of drug-likeness (QED) is 0.634. The van der Waals surface area contributed by atoms with Crippen molar-refractivity contribution in [3.63, 3.8) is 0 Å². The highest BCUT2D eigenvalue weighted by Gasteiger charge is 2.29. The maximum Gasteiger partial charge on any atom is 0.309 e. The van der Waals surface area contributed by atoms with Crippen LogP contribution in [0.15, 0.2) is 0 Å². The molecule has 0 saturated carbocycles. The van der Waals surface area contributed by atoms with E-state index in [2.05, 4.69) is 0 Å². The molecule has 0 amide bonds. The van der Waals surface area contributed by atoms with Gasteiger partial charge in [-0.15, -0.1) is 0 Å². The van der Waals surface area contributed by atoms with Crippen molar-refractivity contribution >= 4 is 13.8 Å². The maximum absolute atomic E-state index is 10.9. The van der Waals surface area contributed by atoms with Crippen LogP contribution in [0.5, 0.6) is 0 Å².